The van der Waals surface area contributed by atoms with Crippen LogP contribution in [0.1, 0.15) is 19.8 Å². The summed E-state index contributed by atoms with van der Waals surface area (Å²) in [7, 11) is 0. The number of hydrogen-bond acceptors (Lipinski definition) is 3. The van der Waals surface area contributed by atoms with Gasteiger partial charge in [-0.2, -0.15) is 0 Å². The molecular formula is C18H21ClN4O. The monoisotopic (exact) mass is 344 g/mol. The van der Waals surface area contributed by atoms with E-state index in [2.05, 4.69) is 27.4 Å². The summed E-state index contributed by atoms with van der Waals surface area (Å²) in [4.78, 5) is 18.8. The van der Waals surface area contributed by atoms with Crippen molar-refractivity contribution in [3.05, 3.63) is 47.6 Å². The van der Waals surface area contributed by atoms with E-state index in [4.69, 9.17) is 11.6 Å². The fourth-order valence-corrected chi connectivity index (χ4v) is 2.84. The molecule has 24 heavy (non-hydrogen) atoms. The topological polar surface area (TPSA) is 57.3 Å². The number of anilines is 3. The Morgan fingerprint density at radius 2 is 1.71 bits per heavy atom. The largest absolute Gasteiger partial charge is 0.357 e. The summed E-state index contributed by atoms with van der Waals surface area (Å²) in [6.45, 7) is 4.37. The zero-order valence-corrected chi connectivity index (χ0v) is 14.4. The van der Waals surface area contributed by atoms with Gasteiger partial charge in [0.25, 0.3) is 0 Å². The van der Waals surface area contributed by atoms with E-state index in [0.29, 0.717) is 16.4 Å². The van der Waals surface area contributed by atoms with Crippen molar-refractivity contribution in [1.29, 1.82) is 0 Å². The first-order chi connectivity index (χ1) is 11.6. The van der Waals surface area contributed by atoms with E-state index in [1.807, 2.05) is 12.1 Å². The molecule has 3 rings (SSSR count). The molecule has 2 N–H and O–H groups in total. The molecule has 1 fully saturated rings. The second-order valence-corrected chi connectivity index (χ2v) is 6.60. The van der Waals surface area contributed by atoms with Crippen molar-refractivity contribution in [3.8, 4) is 0 Å². The van der Waals surface area contributed by atoms with Gasteiger partial charge in [0, 0.05) is 23.8 Å². The van der Waals surface area contributed by atoms with Crippen molar-refractivity contribution >= 4 is 34.8 Å². The summed E-state index contributed by atoms with van der Waals surface area (Å²) in [6, 6.07) is 10.5. The number of rotatable bonds is 3. The van der Waals surface area contributed by atoms with Gasteiger partial charge in [-0.1, -0.05) is 18.5 Å². The molecule has 0 bridgehead atoms. The maximum absolute atomic E-state index is 12.0. The van der Waals surface area contributed by atoms with E-state index in [-0.39, 0.29) is 6.03 Å². The van der Waals surface area contributed by atoms with Gasteiger partial charge >= 0.3 is 6.03 Å². The van der Waals surface area contributed by atoms with Crippen LogP contribution < -0.4 is 15.5 Å². The van der Waals surface area contributed by atoms with Crippen molar-refractivity contribution < 1.29 is 4.79 Å². The minimum absolute atomic E-state index is 0.307. The van der Waals surface area contributed by atoms with Gasteiger partial charge in [-0.15, -0.1) is 0 Å². The number of benzene rings is 1. The molecule has 1 aromatic heterocycles. The predicted octanol–water partition coefficient (Wildman–Crippen LogP) is 4.62. The third-order valence-corrected chi connectivity index (χ3v) is 4.47. The lowest BCUT2D eigenvalue weighted by atomic mass is 9.99. The molecule has 0 radical (unpaired) electrons. The highest BCUT2D eigenvalue weighted by molar-refractivity contribution is 6.30. The normalized spacial score (nSPS) is 15.2. The first-order valence-corrected chi connectivity index (χ1v) is 8.52. The molecule has 1 aliphatic rings. The molecule has 1 saturated heterocycles. The van der Waals surface area contributed by atoms with Crippen LogP contribution in [0.5, 0.6) is 0 Å². The number of carbonyl (C=O) groups excluding carboxylic acids is 1. The van der Waals surface area contributed by atoms with Gasteiger partial charge in [-0.3, -0.25) is 0 Å². The Hall–Kier alpha value is -2.27. The summed E-state index contributed by atoms with van der Waals surface area (Å²) < 4.78 is 0. The van der Waals surface area contributed by atoms with Crippen molar-refractivity contribution in [2.45, 2.75) is 19.8 Å². The number of aromatic nitrogens is 1. The van der Waals surface area contributed by atoms with Crippen LogP contribution in [0.15, 0.2) is 42.6 Å². The Morgan fingerprint density at radius 3 is 2.33 bits per heavy atom. The van der Waals surface area contributed by atoms with E-state index >= 15 is 0 Å². The number of amides is 2. The third-order valence-electron chi connectivity index (χ3n) is 4.22. The molecule has 6 heteroatoms. The van der Waals surface area contributed by atoms with Crippen molar-refractivity contribution in [2.24, 2.45) is 5.92 Å². The summed E-state index contributed by atoms with van der Waals surface area (Å²) in [6.07, 6.45) is 4.09. The SMILES string of the molecule is CC1CCN(c2ccc(NC(=O)Nc3ccc(Cl)cc3)cn2)CC1. The Balaban J connectivity index is 1.55. The molecule has 2 aromatic rings. The van der Waals surface area contributed by atoms with Crippen molar-refractivity contribution in [3.63, 3.8) is 0 Å². The van der Waals surface area contributed by atoms with Crippen LogP contribution in [0.3, 0.4) is 0 Å². The van der Waals surface area contributed by atoms with Crippen LogP contribution in [0.2, 0.25) is 5.02 Å². The minimum Gasteiger partial charge on any atom is -0.357 e. The number of nitrogens with one attached hydrogen (secondary N) is 2. The van der Waals surface area contributed by atoms with E-state index in [9.17, 15) is 4.79 Å². The van der Waals surface area contributed by atoms with Crippen LogP contribution in [0, 0.1) is 5.92 Å². The fourth-order valence-electron chi connectivity index (χ4n) is 2.71. The first-order valence-electron chi connectivity index (χ1n) is 8.15. The van der Waals surface area contributed by atoms with Crippen LogP contribution in [0.25, 0.3) is 0 Å². The van der Waals surface area contributed by atoms with E-state index < -0.39 is 0 Å². The molecule has 0 unspecified atom stereocenters. The zero-order chi connectivity index (χ0) is 16.9. The molecular weight excluding hydrogens is 324 g/mol. The Morgan fingerprint density at radius 1 is 1.08 bits per heavy atom. The minimum atomic E-state index is -0.307. The lowest BCUT2D eigenvalue weighted by Crippen LogP contribution is -2.33. The van der Waals surface area contributed by atoms with Gasteiger partial charge in [0.1, 0.15) is 5.82 Å². The van der Waals surface area contributed by atoms with Gasteiger partial charge in [0.2, 0.25) is 0 Å². The number of pyridine rings is 1. The lowest BCUT2D eigenvalue weighted by molar-refractivity contribution is 0.262. The number of piperidine rings is 1. The molecule has 2 amide bonds. The average molecular weight is 345 g/mol. The van der Waals surface area contributed by atoms with Gasteiger partial charge < -0.3 is 15.5 Å². The maximum atomic E-state index is 12.0. The second kappa shape index (κ2) is 7.53. The zero-order valence-electron chi connectivity index (χ0n) is 13.6. The maximum Gasteiger partial charge on any atom is 0.323 e. The van der Waals surface area contributed by atoms with Gasteiger partial charge in [0.05, 0.1) is 11.9 Å². The summed E-state index contributed by atoms with van der Waals surface area (Å²) >= 11 is 5.82. The number of urea groups is 1. The molecule has 1 aromatic carbocycles. The van der Waals surface area contributed by atoms with E-state index in [0.717, 1.165) is 24.8 Å². The highest BCUT2D eigenvalue weighted by Crippen LogP contribution is 2.22. The number of nitrogens with zero attached hydrogens (tertiary/aromatic N) is 2. The molecule has 126 valence electrons. The molecule has 0 aliphatic carbocycles. The quantitative estimate of drug-likeness (QED) is 0.854. The van der Waals surface area contributed by atoms with Crippen molar-refractivity contribution in [2.75, 3.05) is 28.6 Å². The summed E-state index contributed by atoms with van der Waals surface area (Å²) in [5, 5.41) is 6.16. The van der Waals surface area contributed by atoms with Crippen LogP contribution in [0.4, 0.5) is 22.0 Å². The van der Waals surface area contributed by atoms with Crippen LogP contribution in [-0.2, 0) is 0 Å². The Kier molecular flexibility index (Phi) is 5.20. The standard InChI is InChI=1S/C18H21ClN4O/c1-13-8-10-23(11-9-13)17-7-6-16(12-20-17)22-18(24)21-15-4-2-14(19)3-5-15/h2-7,12-13H,8-11H2,1H3,(H2,21,22,24). The fraction of sp³-hybridized carbons (Fsp3) is 0.333. The molecule has 0 spiro atoms. The predicted molar refractivity (Wildman–Crippen MR) is 98.9 cm³/mol. The lowest BCUT2D eigenvalue weighted by Gasteiger charge is -2.31. The first kappa shape index (κ1) is 16.6. The number of halogens is 1. The van der Waals surface area contributed by atoms with E-state index in [1.54, 1.807) is 30.5 Å². The second-order valence-electron chi connectivity index (χ2n) is 6.16. The van der Waals surface area contributed by atoms with Gasteiger partial charge in [-0.25, -0.2) is 9.78 Å². The van der Waals surface area contributed by atoms with Gasteiger partial charge in [-0.05, 0) is 55.2 Å². The third kappa shape index (κ3) is 4.38. The molecule has 0 saturated carbocycles. The summed E-state index contributed by atoms with van der Waals surface area (Å²) in [5.74, 6) is 1.75. The molecule has 1 aliphatic heterocycles. The smallest absolute Gasteiger partial charge is 0.323 e. The highest BCUT2D eigenvalue weighted by atomic mass is 35.5. The highest BCUT2D eigenvalue weighted by Gasteiger charge is 2.16. The number of carbonyl (C=O) groups is 1. The molecule has 5 nitrogen and oxygen atoms in total. The van der Waals surface area contributed by atoms with E-state index in [1.165, 1.54) is 12.8 Å². The Bertz CT molecular complexity index is 679. The Labute approximate surface area is 147 Å². The number of hydrogen-bond donors (Lipinski definition) is 2. The molecule has 2 heterocycles. The molecule has 0 atom stereocenters. The summed E-state index contributed by atoms with van der Waals surface area (Å²) in [5.41, 5.74) is 1.35. The van der Waals surface area contributed by atoms with Crippen LogP contribution >= 0.6 is 11.6 Å². The van der Waals surface area contributed by atoms with Crippen LogP contribution in [-0.4, -0.2) is 24.1 Å². The van der Waals surface area contributed by atoms with Crippen molar-refractivity contribution in [1.82, 2.24) is 4.98 Å². The average Bonchev–Trinajstić information content (AvgIpc) is 2.58. The van der Waals surface area contributed by atoms with Gasteiger partial charge in [0.15, 0.2) is 0 Å².